The number of amides is 2. The van der Waals surface area contributed by atoms with Crippen LogP contribution in [-0.4, -0.2) is 31.4 Å². The first-order valence-electron chi connectivity index (χ1n) is 10.2. The van der Waals surface area contributed by atoms with Crippen LogP contribution in [0.5, 0.6) is 0 Å². The van der Waals surface area contributed by atoms with E-state index in [2.05, 4.69) is 21.0 Å². The lowest BCUT2D eigenvalue weighted by molar-refractivity contribution is -0.121. The van der Waals surface area contributed by atoms with E-state index in [0.717, 1.165) is 11.3 Å². The molecule has 4 rings (SSSR count). The zero-order chi connectivity index (χ0) is 22.5. The van der Waals surface area contributed by atoms with E-state index < -0.39 is 5.91 Å². The molecule has 0 radical (unpaired) electrons. The molecule has 0 saturated heterocycles. The summed E-state index contributed by atoms with van der Waals surface area (Å²) in [5, 5.41) is 9.29. The molecule has 0 fully saturated rings. The van der Waals surface area contributed by atoms with Crippen LogP contribution in [0.25, 0.3) is 16.5 Å². The third kappa shape index (κ3) is 4.41. The van der Waals surface area contributed by atoms with Crippen LogP contribution in [0.1, 0.15) is 29.4 Å². The molecule has 0 bridgehead atoms. The summed E-state index contributed by atoms with van der Waals surface area (Å²) in [6, 6.07) is 16.4. The van der Waals surface area contributed by atoms with E-state index in [0.29, 0.717) is 23.7 Å². The van der Waals surface area contributed by atoms with Crippen LogP contribution in [0.2, 0.25) is 0 Å². The van der Waals surface area contributed by atoms with Crippen molar-refractivity contribution in [2.24, 2.45) is 0 Å². The van der Waals surface area contributed by atoms with Crippen molar-refractivity contribution in [2.75, 3.05) is 0 Å². The molecule has 0 atom stereocenters. The zero-order valence-corrected chi connectivity index (χ0v) is 17.5. The number of hydrogen-bond acceptors (Lipinski definition) is 5. The fourth-order valence-electron chi connectivity index (χ4n) is 3.33. The van der Waals surface area contributed by atoms with E-state index in [9.17, 15) is 14.4 Å². The number of nitrogens with zero attached hydrogens (tertiary/aromatic N) is 4. The molecule has 0 aliphatic carbocycles. The van der Waals surface area contributed by atoms with Gasteiger partial charge in [-0.05, 0) is 37.1 Å². The lowest BCUT2D eigenvalue weighted by atomic mass is 10.1. The van der Waals surface area contributed by atoms with Crippen LogP contribution in [0.15, 0.2) is 71.8 Å². The number of fused-ring (bicyclic) bond motifs is 1. The van der Waals surface area contributed by atoms with Crippen LogP contribution >= 0.6 is 0 Å². The Kier molecular flexibility index (Phi) is 6.07. The summed E-state index contributed by atoms with van der Waals surface area (Å²) in [4.78, 5) is 37.3. The van der Waals surface area contributed by atoms with Gasteiger partial charge in [0.25, 0.3) is 11.5 Å². The van der Waals surface area contributed by atoms with E-state index >= 15 is 0 Å². The van der Waals surface area contributed by atoms with Gasteiger partial charge in [-0.2, -0.15) is 10.2 Å². The van der Waals surface area contributed by atoms with Crippen LogP contribution in [0.3, 0.4) is 0 Å². The van der Waals surface area contributed by atoms with Crippen LogP contribution in [0.4, 0.5) is 0 Å². The number of para-hydroxylation sites is 1. The van der Waals surface area contributed by atoms with Gasteiger partial charge < -0.3 is 0 Å². The van der Waals surface area contributed by atoms with Crippen molar-refractivity contribution in [2.45, 2.75) is 26.3 Å². The quantitative estimate of drug-likeness (QED) is 0.455. The van der Waals surface area contributed by atoms with Gasteiger partial charge in [-0.25, -0.2) is 9.36 Å². The maximum absolute atomic E-state index is 12.7. The highest BCUT2D eigenvalue weighted by molar-refractivity contribution is 6.05. The Bertz CT molecular complexity index is 1330. The number of aromatic nitrogens is 4. The molecule has 0 spiro atoms. The topological polar surface area (TPSA) is 111 Å². The lowest BCUT2D eigenvalue weighted by Gasteiger charge is -2.10. The maximum Gasteiger partial charge on any atom is 0.290 e. The van der Waals surface area contributed by atoms with Crippen molar-refractivity contribution >= 4 is 22.6 Å². The van der Waals surface area contributed by atoms with Crippen LogP contribution in [0, 0.1) is 0 Å². The number of carbonyl (C=O) groups excluding carboxylic acids is 2. The van der Waals surface area contributed by atoms with Gasteiger partial charge in [0, 0.05) is 24.5 Å². The van der Waals surface area contributed by atoms with E-state index in [4.69, 9.17) is 0 Å². The Balaban J connectivity index is 1.38. The number of benzene rings is 2. The summed E-state index contributed by atoms with van der Waals surface area (Å²) < 4.78 is 2.97. The zero-order valence-electron chi connectivity index (χ0n) is 17.5. The molecule has 0 aliphatic heterocycles. The average Bonchev–Trinajstić information content (AvgIpc) is 3.31. The summed E-state index contributed by atoms with van der Waals surface area (Å²) in [7, 11) is 0. The summed E-state index contributed by atoms with van der Waals surface area (Å²) in [5.74, 6) is -0.937. The van der Waals surface area contributed by atoms with Gasteiger partial charge in [0.15, 0.2) is 5.69 Å². The average molecular weight is 430 g/mol. The molecule has 0 aliphatic rings. The fraction of sp³-hybridized carbons (Fsp3) is 0.174. The molecule has 0 saturated carbocycles. The predicted molar refractivity (Wildman–Crippen MR) is 119 cm³/mol. The summed E-state index contributed by atoms with van der Waals surface area (Å²) in [6.07, 6.45) is 4.22. The number of hydrazine groups is 1. The third-order valence-electron chi connectivity index (χ3n) is 5.00. The molecule has 32 heavy (non-hydrogen) atoms. The maximum atomic E-state index is 12.7. The number of nitrogens with one attached hydrogen (secondary N) is 2. The van der Waals surface area contributed by atoms with Gasteiger partial charge in [-0.3, -0.25) is 25.2 Å². The van der Waals surface area contributed by atoms with E-state index in [-0.39, 0.29) is 23.6 Å². The number of aryl methyl sites for hydroxylation is 2. The first kappa shape index (κ1) is 21.0. The first-order chi connectivity index (χ1) is 15.6. The molecular weight excluding hydrogens is 408 g/mol. The molecule has 0 unspecified atom stereocenters. The molecule has 2 heterocycles. The normalized spacial score (nSPS) is 10.8. The Morgan fingerprint density at radius 2 is 1.69 bits per heavy atom. The second kappa shape index (κ2) is 9.25. The second-order valence-corrected chi connectivity index (χ2v) is 7.15. The number of carbonyl (C=O) groups is 2. The van der Waals surface area contributed by atoms with Crippen molar-refractivity contribution in [3.8, 4) is 5.69 Å². The highest BCUT2D eigenvalue weighted by atomic mass is 16.2. The summed E-state index contributed by atoms with van der Waals surface area (Å²) in [6.45, 7) is 2.10. The van der Waals surface area contributed by atoms with Crippen molar-refractivity contribution < 1.29 is 9.59 Å². The van der Waals surface area contributed by atoms with Gasteiger partial charge in [-0.1, -0.05) is 36.4 Å². The number of rotatable bonds is 6. The van der Waals surface area contributed by atoms with Gasteiger partial charge in [0.05, 0.1) is 17.3 Å². The van der Waals surface area contributed by atoms with Gasteiger partial charge in [0.2, 0.25) is 5.91 Å². The molecular formula is C23H22N6O3. The van der Waals surface area contributed by atoms with Crippen LogP contribution in [-0.2, 0) is 17.8 Å². The van der Waals surface area contributed by atoms with Crippen molar-refractivity contribution in [3.63, 3.8) is 0 Å². The lowest BCUT2D eigenvalue weighted by Crippen LogP contribution is -2.42. The highest BCUT2D eigenvalue weighted by Crippen LogP contribution is 2.13. The molecule has 162 valence electrons. The summed E-state index contributed by atoms with van der Waals surface area (Å²) >= 11 is 0. The smallest absolute Gasteiger partial charge is 0.273 e. The van der Waals surface area contributed by atoms with E-state index in [1.807, 2.05) is 36.5 Å². The van der Waals surface area contributed by atoms with Gasteiger partial charge in [-0.15, -0.1) is 0 Å². The Morgan fingerprint density at radius 1 is 0.969 bits per heavy atom. The minimum atomic E-state index is -0.589. The molecule has 4 aromatic rings. The number of hydrogen-bond donors (Lipinski definition) is 2. The molecule has 2 aromatic carbocycles. The molecule has 2 aromatic heterocycles. The molecule has 9 heteroatoms. The molecule has 2 N–H and O–H groups in total. The predicted octanol–water partition coefficient (Wildman–Crippen LogP) is 2.00. The van der Waals surface area contributed by atoms with Gasteiger partial charge >= 0.3 is 0 Å². The van der Waals surface area contributed by atoms with Gasteiger partial charge in [0.1, 0.15) is 0 Å². The minimum Gasteiger partial charge on any atom is -0.273 e. The minimum absolute atomic E-state index is 0.0755. The summed E-state index contributed by atoms with van der Waals surface area (Å²) in [5.41, 5.74) is 6.45. The Morgan fingerprint density at radius 3 is 2.44 bits per heavy atom. The fourth-order valence-corrected chi connectivity index (χ4v) is 3.33. The highest BCUT2D eigenvalue weighted by Gasteiger charge is 2.16. The monoisotopic (exact) mass is 430 g/mol. The second-order valence-electron chi connectivity index (χ2n) is 7.15. The van der Waals surface area contributed by atoms with E-state index in [1.165, 1.54) is 4.68 Å². The van der Waals surface area contributed by atoms with Crippen molar-refractivity contribution in [3.05, 3.63) is 88.6 Å². The molecule has 2 amide bonds. The van der Waals surface area contributed by atoms with Crippen LogP contribution < -0.4 is 16.4 Å². The standard InChI is InChI=1S/C23H22N6O3/c1-2-28-23(32)19-11-7-6-10-18(19)21(27-28)22(31)26-25-20(30)13-12-16-14-24-29(15-16)17-8-4-3-5-9-17/h3-11,14-15H,2,12-13H2,1H3,(H,25,30)(H,26,31). The third-order valence-corrected chi connectivity index (χ3v) is 5.00. The Hall–Kier alpha value is -4.27. The Labute approximate surface area is 183 Å². The van der Waals surface area contributed by atoms with Crippen molar-refractivity contribution in [1.82, 2.24) is 30.4 Å². The molecule has 9 nitrogen and oxygen atoms in total. The van der Waals surface area contributed by atoms with Crippen molar-refractivity contribution in [1.29, 1.82) is 0 Å². The largest absolute Gasteiger partial charge is 0.290 e. The first-order valence-corrected chi connectivity index (χ1v) is 10.2. The van der Waals surface area contributed by atoms with E-state index in [1.54, 1.807) is 42.1 Å². The SMILES string of the molecule is CCn1nc(C(=O)NNC(=O)CCc2cnn(-c3ccccc3)c2)c2ccccc2c1=O.